The van der Waals surface area contributed by atoms with Crippen molar-refractivity contribution in [2.75, 3.05) is 20.1 Å². The van der Waals surface area contributed by atoms with Crippen LogP contribution in [0.15, 0.2) is 35.0 Å². The summed E-state index contributed by atoms with van der Waals surface area (Å²) >= 11 is 3.39. The lowest BCUT2D eigenvalue weighted by molar-refractivity contribution is -0.126. The van der Waals surface area contributed by atoms with Crippen molar-refractivity contribution in [3.05, 3.63) is 44.8 Å². The van der Waals surface area contributed by atoms with Crippen LogP contribution in [0.2, 0.25) is 0 Å². The van der Waals surface area contributed by atoms with E-state index in [0.717, 1.165) is 30.8 Å². The maximum Gasteiger partial charge on any atom is 0.239 e. The van der Waals surface area contributed by atoms with Gasteiger partial charge in [0.05, 0.1) is 6.54 Å². The molecule has 4 heterocycles. The first-order valence-corrected chi connectivity index (χ1v) is 11.9. The molecule has 6 nitrogen and oxygen atoms in total. The molecule has 29 heavy (non-hydrogen) atoms. The summed E-state index contributed by atoms with van der Waals surface area (Å²) in [5, 5.41) is 10.2. The number of hydrogen-bond donors (Lipinski definition) is 2. The Morgan fingerprint density at radius 3 is 2.72 bits per heavy atom. The summed E-state index contributed by atoms with van der Waals surface area (Å²) in [6.07, 6.45) is 2.22. The van der Waals surface area contributed by atoms with Crippen molar-refractivity contribution in [2.24, 2.45) is 0 Å². The molecule has 0 saturated carbocycles. The number of carbonyl (C=O) groups excluding carboxylic acids is 2. The van der Waals surface area contributed by atoms with E-state index in [0.29, 0.717) is 19.5 Å². The van der Waals surface area contributed by atoms with Gasteiger partial charge in [0.25, 0.3) is 0 Å². The van der Waals surface area contributed by atoms with Crippen LogP contribution in [0.3, 0.4) is 0 Å². The second-order valence-corrected chi connectivity index (χ2v) is 9.87. The topological polar surface area (TPSA) is 64.7 Å². The number of carbonyl (C=O) groups is 2. The third-order valence-corrected chi connectivity index (χ3v) is 7.77. The average Bonchev–Trinajstić information content (AvgIpc) is 3.47. The van der Waals surface area contributed by atoms with Gasteiger partial charge in [-0.15, -0.1) is 22.7 Å². The molecular formula is C21H28N4O2S2. The normalized spacial score (nSPS) is 25.4. The van der Waals surface area contributed by atoms with Crippen LogP contribution in [-0.2, 0) is 22.7 Å². The molecule has 2 aromatic rings. The first kappa shape index (κ1) is 20.5. The van der Waals surface area contributed by atoms with Crippen LogP contribution in [0, 0.1) is 0 Å². The number of hydrogen-bond acceptors (Lipinski definition) is 6. The highest BCUT2D eigenvalue weighted by Gasteiger charge is 2.44. The van der Waals surface area contributed by atoms with E-state index in [2.05, 4.69) is 45.0 Å². The summed E-state index contributed by atoms with van der Waals surface area (Å²) in [5.74, 6) is 0.199. The van der Waals surface area contributed by atoms with E-state index in [1.54, 1.807) is 22.7 Å². The maximum atomic E-state index is 12.8. The number of nitrogens with zero attached hydrogens (tertiary/aromatic N) is 2. The zero-order chi connectivity index (χ0) is 20.2. The molecule has 0 radical (unpaired) electrons. The Hall–Kier alpha value is -1.74. The van der Waals surface area contributed by atoms with Gasteiger partial charge in [0.1, 0.15) is 6.04 Å². The van der Waals surface area contributed by atoms with Gasteiger partial charge in [-0.2, -0.15) is 0 Å². The minimum absolute atomic E-state index is 0.0738. The van der Waals surface area contributed by atoms with Crippen LogP contribution in [0.1, 0.15) is 29.0 Å². The Kier molecular flexibility index (Phi) is 6.64. The van der Waals surface area contributed by atoms with Crippen molar-refractivity contribution in [1.82, 2.24) is 20.4 Å². The molecule has 0 bridgehead atoms. The predicted octanol–water partition coefficient (Wildman–Crippen LogP) is 2.28. The van der Waals surface area contributed by atoms with Crippen LogP contribution in [0.4, 0.5) is 0 Å². The molecule has 0 aliphatic carbocycles. The summed E-state index contributed by atoms with van der Waals surface area (Å²) in [7, 11) is 2.11. The number of rotatable bonds is 7. The van der Waals surface area contributed by atoms with E-state index in [9.17, 15) is 9.59 Å². The fraction of sp³-hybridized carbons (Fsp3) is 0.524. The standard InChI is InChI=1S/C21H28N4O2S2/c1-24-15(6-7-19(26)22-13-16-4-2-10-28-16)12-23-21(27)20-18(24)8-9-25(20)14-17-5-3-11-29-17/h2-5,10-11,15,18,20H,6-9,12-14H2,1H3,(H,22,26)(H,23,27)/t15-,18-,20-/m0/s1. The number of nitrogens with one attached hydrogen (secondary N) is 2. The van der Waals surface area contributed by atoms with Crippen LogP contribution < -0.4 is 10.6 Å². The number of likely N-dealkylation sites (N-methyl/N-ethyl adjacent to an activating group) is 1. The van der Waals surface area contributed by atoms with Crippen LogP contribution in [-0.4, -0.2) is 59.9 Å². The second kappa shape index (κ2) is 9.38. The average molecular weight is 433 g/mol. The summed E-state index contributed by atoms with van der Waals surface area (Å²) < 4.78 is 0. The number of likely N-dealkylation sites (tertiary alicyclic amines) is 1. The molecule has 4 rings (SSSR count). The van der Waals surface area contributed by atoms with Crippen LogP contribution in [0.5, 0.6) is 0 Å². The fourth-order valence-electron chi connectivity index (χ4n) is 4.41. The van der Waals surface area contributed by atoms with E-state index in [4.69, 9.17) is 0 Å². The largest absolute Gasteiger partial charge is 0.353 e. The minimum atomic E-state index is -0.111. The molecule has 2 aliphatic rings. The second-order valence-electron chi connectivity index (χ2n) is 7.81. The molecular weight excluding hydrogens is 404 g/mol. The molecule has 8 heteroatoms. The highest BCUT2D eigenvalue weighted by molar-refractivity contribution is 7.10. The van der Waals surface area contributed by atoms with Gasteiger partial charge in [0.15, 0.2) is 0 Å². The van der Waals surface area contributed by atoms with Gasteiger partial charge in [0, 0.05) is 47.9 Å². The Balaban J connectivity index is 1.32. The number of amides is 2. The number of thiophene rings is 2. The Morgan fingerprint density at radius 1 is 1.24 bits per heavy atom. The fourth-order valence-corrected chi connectivity index (χ4v) is 5.79. The maximum absolute atomic E-state index is 12.8. The van der Waals surface area contributed by atoms with E-state index in [1.807, 2.05) is 17.5 Å². The molecule has 2 saturated heterocycles. The van der Waals surface area contributed by atoms with E-state index >= 15 is 0 Å². The highest BCUT2D eigenvalue weighted by atomic mass is 32.1. The molecule has 2 fully saturated rings. The molecule has 2 amide bonds. The lowest BCUT2D eigenvalue weighted by Gasteiger charge is -2.33. The van der Waals surface area contributed by atoms with Crippen molar-refractivity contribution in [3.8, 4) is 0 Å². The van der Waals surface area contributed by atoms with Crippen molar-refractivity contribution < 1.29 is 9.59 Å². The van der Waals surface area contributed by atoms with Gasteiger partial charge >= 0.3 is 0 Å². The quantitative estimate of drug-likeness (QED) is 0.705. The molecule has 2 aromatic heterocycles. The number of fused-ring (bicyclic) bond motifs is 1. The zero-order valence-corrected chi connectivity index (χ0v) is 18.3. The third-order valence-electron chi connectivity index (χ3n) is 6.03. The Labute approximate surface area is 179 Å². The van der Waals surface area contributed by atoms with Gasteiger partial charge in [-0.1, -0.05) is 12.1 Å². The van der Waals surface area contributed by atoms with Crippen LogP contribution >= 0.6 is 22.7 Å². The van der Waals surface area contributed by atoms with Gasteiger partial charge in [-0.3, -0.25) is 19.4 Å². The molecule has 2 N–H and O–H groups in total. The summed E-state index contributed by atoms with van der Waals surface area (Å²) in [5.41, 5.74) is 0. The lowest BCUT2D eigenvalue weighted by atomic mass is 10.0. The van der Waals surface area contributed by atoms with Gasteiger partial charge in [-0.05, 0) is 42.8 Å². The van der Waals surface area contributed by atoms with E-state index in [-0.39, 0.29) is 29.9 Å². The van der Waals surface area contributed by atoms with Crippen molar-refractivity contribution >= 4 is 34.5 Å². The zero-order valence-electron chi connectivity index (χ0n) is 16.7. The van der Waals surface area contributed by atoms with Crippen molar-refractivity contribution in [3.63, 3.8) is 0 Å². The SMILES string of the molecule is CN1[C@@H](CCC(=O)NCc2cccs2)CNC(=O)[C@@H]2[C@@H]1CCN2Cc1cccs1. The first-order chi connectivity index (χ1) is 14.1. The molecule has 2 aliphatic heterocycles. The Bertz CT molecular complexity index is 809. The van der Waals surface area contributed by atoms with Gasteiger partial charge in [-0.25, -0.2) is 0 Å². The lowest BCUT2D eigenvalue weighted by Crippen LogP contribution is -2.49. The third kappa shape index (κ3) is 4.88. The summed E-state index contributed by atoms with van der Waals surface area (Å²) in [6, 6.07) is 8.50. The molecule has 0 aromatic carbocycles. The van der Waals surface area contributed by atoms with E-state index in [1.165, 1.54) is 4.88 Å². The summed E-state index contributed by atoms with van der Waals surface area (Å²) in [6.45, 7) is 2.96. The monoisotopic (exact) mass is 432 g/mol. The highest BCUT2D eigenvalue weighted by Crippen LogP contribution is 2.29. The van der Waals surface area contributed by atoms with Gasteiger partial charge < -0.3 is 10.6 Å². The van der Waals surface area contributed by atoms with Crippen molar-refractivity contribution in [1.29, 1.82) is 0 Å². The smallest absolute Gasteiger partial charge is 0.239 e. The van der Waals surface area contributed by atoms with Gasteiger partial charge in [0.2, 0.25) is 11.8 Å². The summed E-state index contributed by atoms with van der Waals surface area (Å²) in [4.78, 5) is 32.2. The molecule has 156 valence electrons. The van der Waals surface area contributed by atoms with Crippen LogP contribution in [0.25, 0.3) is 0 Å². The molecule has 3 atom stereocenters. The van der Waals surface area contributed by atoms with Crippen molar-refractivity contribution in [2.45, 2.75) is 50.5 Å². The first-order valence-electron chi connectivity index (χ1n) is 10.2. The predicted molar refractivity (Wildman–Crippen MR) is 117 cm³/mol. The molecule has 0 unspecified atom stereocenters. The minimum Gasteiger partial charge on any atom is -0.353 e. The van der Waals surface area contributed by atoms with E-state index < -0.39 is 0 Å². The Morgan fingerprint density at radius 2 is 2.00 bits per heavy atom. The molecule has 0 spiro atoms.